The highest BCUT2D eigenvalue weighted by atomic mass is 16.6. The summed E-state index contributed by atoms with van der Waals surface area (Å²) in [5.41, 5.74) is 7.07. The van der Waals surface area contributed by atoms with E-state index in [1.54, 1.807) is 0 Å². The molecule has 1 aliphatic heterocycles. The van der Waals surface area contributed by atoms with Crippen molar-refractivity contribution in [3.05, 3.63) is 70.3 Å². The number of carboxylic acid groups (broad SMARTS) is 1. The summed E-state index contributed by atoms with van der Waals surface area (Å²) in [4.78, 5) is 19.1. The Morgan fingerprint density at radius 1 is 1.09 bits per heavy atom. The summed E-state index contributed by atoms with van der Waals surface area (Å²) in [5.74, 6) is -0.195. The molecule has 0 aromatic heterocycles. The number of likely N-dealkylation sites (tertiary alicyclic amines) is 1. The topological polar surface area (TPSA) is 62.1 Å². The minimum atomic E-state index is -0.691. The Hall–Kier alpha value is -2.66. The average Bonchev–Trinajstić information content (AvgIpc) is 2.84. The van der Waals surface area contributed by atoms with Gasteiger partial charge in [-0.05, 0) is 72.9 Å². The van der Waals surface area contributed by atoms with Crippen molar-refractivity contribution in [3.8, 4) is 0 Å². The predicted molar refractivity (Wildman–Crippen MR) is 136 cm³/mol. The zero-order chi connectivity index (χ0) is 24.1. The minimum absolute atomic E-state index is 0.103. The van der Waals surface area contributed by atoms with Crippen molar-refractivity contribution in [3.63, 3.8) is 0 Å². The molecular formula is C29H38N2O3. The van der Waals surface area contributed by atoms with Gasteiger partial charge in [0.1, 0.15) is 6.10 Å². The molecule has 0 spiro atoms. The number of carboxylic acids is 1. The summed E-state index contributed by atoms with van der Waals surface area (Å²) in [6.45, 7) is 8.25. The van der Waals surface area contributed by atoms with Crippen LogP contribution in [0.25, 0.3) is 0 Å². The summed E-state index contributed by atoms with van der Waals surface area (Å²) in [6, 6.07) is 15.3. The lowest BCUT2D eigenvalue weighted by Gasteiger charge is -2.37. The lowest BCUT2D eigenvalue weighted by Crippen LogP contribution is -2.49. The first-order valence-electron chi connectivity index (χ1n) is 12.8. The van der Waals surface area contributed by atoms with Crippen LogP contribution in [0.5, 0.6) is 0 Å². The third-order valence-corrected chi connectivity index (χ3v) is 7.54. The average molecular weight is 463 g/mol. The molecule has 1 saturated heterocycles. The maximum absolute atomic E-state index is 11.1. The maximum Gasteiger partial charge on any atom is 0.309 e. The zero-order valence-electron chi connectivity index (χ0n) is 20.8. The van der Waals surface area contributed by atoms with Gasteiger partial charge in [0.25, 0.3) is 0 Å². The molecule has 0 bridgehead atoms. The number of aliphatic carboxylic acids is 1. The van der Waals surface area contributed by atoms with Gasteiger partial charge in [0.2, 0.25) is 0 Å². The molecule has 1 atom stereocenters. The quantitative estimate of drug-likeness (QED) is 0.350. The summed E-state index contributed by atoms with van der Waals surface area (Å²) in [7, 11) is 0. The monoisotopic (exact) mass is 462 g/mol. The van der Waals surface area contributed by atoms with Crippen LogP contribution in [0.2, 0.25) is 0 Å². The highest BCUT2D eigenvalue weighted by molar-refractivity contribution is 5.98. The van der Waals surface area contributed by atoms with Crippen molar-refractivity contribution in [2.45, 2.75) is 77.9 Å². The molecule has 1 N–H and O–H groups in total. The molecule has 5 nitrogen and oxygen atoms in total. The molecule has 1 unspecified atom stereocenters. The molecular weight excluding hydrogens is 424 g/mol. The molecule has 182 valence electrons. The predicted octanol–water partition coefficient (Wildman–Crippen LogP) is 6.31. The van der Waals surface area contributed by atoms with Gasteiger partial charge in [-0.15, -0.1) is 0 Å². The van der Waals surface area contributed by atoms with Gasteiger partial charge in [-0.2, -0.15) is 0 Å². The van der Waals surface area contributed by atoms with Crippen LogP contribution in [0.1, 0.15) is 92.7 Å². The number of hydrogen-bond donors (Lipinski definition) is 1. The van der Waals surface area contributed by atoms with E-state index in [9.17, 15) is 4.79 Å². The molecule has 1 saturated carbocycles. The van der Waals surface area contributed by atoms with E-state index in [0.29, 0.717) is 13.1 Å². The molecule has 4 rings (SSSR count). The third kappa shape index (κ3) is 5.87. The Morgan fingerprint density at radius 2 is 1.79 bits per heavy atom. The van der Waals surface area contributed by atoms with Crippen LogP contribution >= 0.6 is 0 Å². The van der Waals surface area contributed by atoms with Crippen molar-refractivity contribution in [2.75, 3.05) is 13.1 Å². The SMILES string of the molecule is CCc1cc(/C(C)=N/OC(C)c2ccc(C3CCCCC3)cc2)ccc1CN1CC(C(=O)O)C1. The van der Waals surface area contributed by atoms with Gasteiger partial charge in [-0.3, -0.25) is 9.69 Å². The van der Waals surface area contributed by atoms with E-state index in [0.717, 1.165) is 35.7 Å². The Morgan fingerprint density at radius 3 is 2.44 bits per heavy atom. The van der Waals surface area contributed by atoms with Crippen LogP contribution in [0.15, 0.2) is 47.6 Å². The second-order valence-electron chi connectivity index (χ2n) is 9.99. The van der Waals surface area contributed by atoms with Gasteiger partial charge in [-0.1, -0.05) is 67.7 Å². The van der Waals surface area contributed by atoms with Gasteiger partial charge in [-0.25, -0.2) is 0 Å². The third-order valence-electron chi connectivity index (χ3n) is 7.54. The molecule has 1 aliphatic carbocycles. The Bertz CT molecular complexity index is 1000. The molecule has 2 aliphatic rings. The second-order valence-corrected chi connectivity index (χ2v) is 9.99. The summed E-state index contributed by atoms with van der Waals surface area (Å²) in [5, 5.41) is 13.5. The van der Waals surface area contributed by atoms with E-state index >= 15 is 0 Å². The van der Waals surface area contributed by atoms with Crippen molar-refractivity contribution < 1.29 is 14.7 Å². The number of oxime groups is 1. The van der Waals surface area contributed by atoms with Crippen LogP contribution < -0.4 is 0 Å². The fraction of sp³-hybridized carbons (Fsp3) is 0.517. The van der Waals surface area contributed by atoms with Crippen molar-refractivity contribution in [2.24, 2.45) is 11.1 Å². The standard InChI is InChI=1S/C29H38N2O3/c1-4-22-16-26(14-15-27(22)17-31-18-28(19-31)29(32)33)20(2)30-34-21(3)23-10-12-25(13-11-23)24-8-6-5-7-9-24/h10-16,21,24,28H,4-9,17-19H2,1-3H3,(H,32,33)/b30-20+. The van der Waals surface area contributed by atoms with Gasteiger partial charge in [0, 0.05) is 19.6 Å². The number of hydrogen-bond acceptors (Lipinski definition) is 4. The van der Waals surface area contributed by atoms with Gasteiger partial charge in [0.05, 0.1) is 11.6 Å². The normalized spacial score (nSPS) is 19.0. The summed E-state index contributed by atoms with van der Waals surface area (Å²) in [6.07, 6.45) is 7.54. The first kappa shape index (κ1) is 24.5. The second kappa shape index (κ2) is 11.2. The number of rotatable bonds is 9. The van der Waals surface area contributed by atoms with E-state index < -0.39 is 5.97 Å². The number of nitrogens with zero attached hydrogens (tertiary/aromatic N) is 2. The Labute approximate surface area is 203 Å². The molecule has 34 heavy (non-hydrogen) atoms. The van der Waals surface area contributed by atoms with Crippen molar-refractivity contribution in [1.82, 2.24) is 4.90 Å². The highest BCUT2D eigenvalue weighted by Gasteiger charge is 2.32. The van der Waals surface area contributed by atoms with Crippen LogP contribution in [0.4, 0.5) is 0 Å². The Balaban J connectivity index is 1.35. The highest BCUT2D eigenvalue weighted by Crippen LogP contribution is 2.33. The molecule has 5 heteroatoms. The summed E-state index contributed by atoms with van der Waals surface area (Å²) < 4.78 is 0. The van der Waals surface area contributed by atoms with Crippen LogP contribution in [0.3, 0.4) is 0 Å². The molecule has 2 aromatic carbocycles. The molecule has 1 heterocycles. The Kier molecular flexibility index (Phi) is 8.04. The van der Waals surface area contributed by atoms with Gasteiger partial charge < -0.3 is 9.94 Å². The summed E-state index contributed by atoms with van der Waals surface area (Å²) >= 11 is 0. The fourth-order valence-electron chi connectivity index (χ4n) is 5.18. The minimum Gasteiger partial charge on any atom is -0.481 e. The lowest BCUT2D eigenvalue weighted by atomic mass is 9.84. The van der Waals surface area contributed by atoms with Crippen LogP contribution in [0, 0.1) is 5.92 Å². The van der Waals surface area contributed by atoms with Crippen molar-refractivity contribution >= 4 is 11.7 Å². The van der Waals surface area contributed by atoms with E-state index in [1.165, 1.54) is 48.8 Å². The number of benzene rings is 2. The first-order chi connectivity index (χ1) is 16.4. The fourth-order valence-corrected chi connectivity index (χ4v) is 5.18. The van der Waals surface area contributed by atoms with E-state index in [1.807, 2.05) is 13.8 Å². The van der Waals surface area contributed by atoms with Crippen LogP contribution in [-0.2, 0) is 22.6 Å². The number of aryl methyl sites for hydroxylation is 1. The first-order valence-corrected chi connectivity index (χ1v) is 12.8. The maximum atomic E-state index is 11.1. The van der Waals surface area contributed by atoms with E-state index in [4.69, 9.17) is 9.94 Å². The van der Waals surface area contributed by atoms with E-state index in [-0.39, 0.29) is 12.0 Å². The zero-order valence-corrected chi connectivity index (χ0v) is 20.8. The molecule has 2 fully saturated rings. The van der Waals surface area contributed by atoms with Crippen LogP contribution in [-0.4, -0.2) is 34.8 Å². The van der Waals surface area contributed by atoms with Crippen molar-refractivity contribution in [1.29, 1.82) is 0 Å². The molecule has 0 amide bonds. The van der Waals surface area contributed by atoms with E-state index in [2.05, 4.69) is 59.4 Å². The molecule has 2 aromatic rings. The molecule has 0 radical (unpaired) electrons. The van der Waals surface area contributed by atoms with Gasteiger partial charge >= 0.3 is 5.97 Å². The lowest BCUT2D eigenvalue weighted by molar-refractivity contribution is -0.147. The largest absolute Gasteiger partial charge is 0.481 e. The number of carbonyl (C=O) groups is 1. The van der Waals surface area contributed by atoms with Gasteiger partial charge in [0.15, 0.2) is 0 Å². The smallest absolute Gasteiger partial charge is 0.309 e.